The number of imidazole rings is 1. The summed E-state index contributed by atoms with van der Waals surface area (Å²) in [7, 11) is 1.50. The summed E-state index contributed by atoms with van der Waals surface area (Å²) in [6, 6.07) is 9.87. The summed E-state index contributed by atoms with van der Waals surface area (Å²) >= 11 is 0. The molecule has 1 saturated carbocycles. The lowest BCUT2D eigenvalue weighted by Crippen LogP contribution is -2.44. The predicted molar refractivity (Wildman–Crippen MR) is 136 cm³/mol. The average molecular weight is 503 g/mol. The van der Waals surface area contributed by atoms with Gasteiger partial charge in [0.2, 0.25) is 0 Å². The highest BCUT2D eigenvalue weighted by Crippen LogP contribution is 2.30. The number of aromatic nitrogens is 4. The third-order valence-electron chi connectivity index (χ3n) is 6.75. The fraction of sp³-hybridized carbons (Fsp3) is 0.286. The molecule has 0 bridgehead atoms. The number of aryl methyl sites for hydroxylation is 1. The summed E-state index contributed by atoms with van der Waals surface area (Å²) < 4.78 is 23.3. The highest BCUT2D eigenvalue weighted by Gasteiger charge is 2.27. The number of hydrogen-bond donors (Lipinski definition) is 0. The molecular formula is C28H27FN4O4. The summed E-state index contributed by atoms with van der Waals surface area (Å²) in [6.45, 7) is 3.99. The van der Waals surface area contributed by atoms with E-state index in [1.54, 1.807) is 36.0 Å². The van der Waals surface area contributed by atoms with Gasteiger partial charge in [0, 0.05) is 24.5 Å². The normalized spacial score (nSPS) is 13.9. The first-order valence-electron chi connectivity index (χ1n) is 12.1. The molecular weight excluding hydrogens is 475 g/mol. The summed E-state index contributed by atoms with van der Waals surface area (Å²) in [6.07, 6.45) is 6.85. The van der Waals surface area contributed by atoms with Gasteiger partial charge in [-0.25, -0.2) is 14.2 Å². The minimum atomic E-state index is -0.694. The molecule has 190 valence electrons. The van der Waals surface area contributed by atoms with Gasteiger partial charge in [0.05, 0.1) is 30.9 Å². The molecule has 1 aliphatic rings. The van der Waals surface area contributed by atoms with E-state index >= 15 is 0 Å². The first-order chi connectivity index (χ1) is 17.8. The van der Waals surface area contributed by atoms with Gasteiger partial charge >= 0.3 is 5.69 Å². The maximum atomic E-state index is 13.7. The Labute approximate surface area is 212 Å². The first-order valence-corrected chi connectivity index (χ1v) is 12.1. The Morgan fingerprint density at radius 2 is 1.86 bits per heavy atom. The molecule has 37 heavy (non-hydrogen) atoms. The Bertz CT molecular complexity index is 1600. The van der Waals surface area contributed by atoms with Crippen LogP contribution in [-0.4, -0.2) is 31.6 Å². The third kappa shape index (κ3) is 4.76. The summed E-state index contributed by atoms with van der Waals surface area (Å²) in [5.41, 5.74) is 1.08. The van der Waals surface area contributed by atoms with E-state index in [2.05, 4.69) is 4.98 Å². The van der Waals surface area contributed by atoms with Crippen molar-refractivity contribution in [3.8, 4) is 11.4 Å². The smallest absolute Gasteiger partial charge is 0.331 e. The number of hydrogen-bond acceptors (Lipinski definition) is 5. The second-order valence-electron chi connectivity index (χ2n) is 9.46. The summed E-state index contributed by atoms with van der Waals surface area (Å²) in [4.78, 5) is 44.8. The van der Waals surface area contributed by atoms with Gasteiger partial charge in [0.15, 0.2) is 5.78 Å². The third-order valence-corrected chi connectivity index (χ3v) is 6.75. The SMILES string of the molecule is COc1cc(C(=O)c2cn(CC3CC3)c(=O)n(C(C)c3ccc(F)cc3)c2=O)ccc1-n1cnc(C)c1. The van der Waals surface area contributed by atoms with Gasteiger partial charge in [-0.2, -0.15) is 0 Å². The van der Waals surface area contributed by atoms with Crippen molar-refractivity contribution in [1.29, 1.82) is 0 Å². The highest BCUT2D eigenvalue weighted by molar-refractivity contribution is 6.09. The number of rotatable bonds is 8. The average Bonchev–Trinajstić information content (AvgIpc) is 3.62. The Morgan fingerprint density at radius 1 is 1.14 bits per heavy atom. The Kier molecular flexibility index (Phi) is 6.37. The number of carbonyl (C=O) groups is 1. The van der Waals surface area contributed by atoms with Crippen molar-refractivity contribution in [2.75, 3.05) is 7.11 Å². The van der Waals surface area contributed by atoms with Gasteiger partial charge in [0.1, 0.15) is 17.1 Å². The van der Waals surface area contributed by atoms with Crippen molar-refractivity contribution in [2.45, 2.75) is 39.3 Å². The lowest BCUT2D eigenvalue weighted by atomic mass is 10.0. The molecule has 2 aromatic heterocycles. The number of ketones is 1. The zero-order valence-electron chi connectivity index (χ0n) is 20.8. The number of ether oxygens (including phenoxy) is 1. The van der Waals surface area contributed by atoms with E-state index in [1.807, 2.05) is 13.1 Å². The fourth-order valence-corrected chi connectivity index (χ4v) is 4.46. The van der Waals surface area contributed by atoms with Crippen molar-refractivity contribution < 1.29 is 13.9 Å². The van der Waals surface area contributed by atoms with Gasteiger partial charge in [-0.15, -0.1) is 0 Å². The number of halogens is 1. The van der Waals surface area contributed by atoms with Crippen LogP contribution in [0.4, 0.5) is 4.39 Å². The van der Waals surface area contributed by atoms with Crippen LogP contribution in [0.3, 0.4) is 0 Å². The van der Waals surface area contributed by atoms with Crippen molar-refractivity contribution in [3.05, 3.63) is 110 Å². The molecule has 0 aliphatic heterocycles. The van der Waals surface area contributed by atoms with Crippen LogP contribution < -0.4 is 16.0 Å². The van der Waals surface area contributed by atoms with Crippen molar-refractivity contribution >= 4 is 5.78 Å². The summed E-state index contributed by atoms with van der Waals surface area (Å²) in [5, 5.41) is 0. The van der Waals surface area contributed by atoms with E-state index in [0.717, 1.165) is 23.1 Å². The monoisotopic (exact) mass is 502 g/mol. The molecule has 1 atom stereocenters. The van der Waals surface area contributed by atoms with E-state index in [9.17, 15) is 18.8 Å². The largest absolute Gasteiger partial charge is 0.495 e. The van der Waals surface area contributed by atoms with Gasteiger partial charge in [-0.3, -0.25) is 18.7 Å². The molecule has 5 rings (SSSR count). The van der Waals surface area contributed by atoms with Crippen molar-refractivity contribution in [2.24, 2.45) is 5.92 Å². The number of carbonyl (C=O) groups excluding carboxylic acids is 1. The molecule has 1 fully saturated rings. The molecule has 0 N–H and O–H groups in total. The van der Waals surface area contributed by atoms with Crippen LogP contribution in [0.15, 0.2) is 70.8 Å². The second-order valence-corrected chi connectivity index (χ2v) is 9.46. The summed E-state index contributed by atoms with van der Waals surface area (Å²) in [5.74, 6) is -0.150. The molecule has 9 heteroatoms. The first kappa shape index (κ1) is 24.4. The molecule has 2 heterocycles. The van der Waals surface area contributed by atoms with E-state index in [0.29, 0.717) is 29.5 Å². The van der Waals surface area contributed by atoms with Crippen LogP contribution in [0, 0.1) is 18.7 Å². The van der Waals surface area contributed by atoms with Crippen LogP contribution in [-0.2, 0) is 6.54 Å². The zero-order valence-corrected chi connectivity index (χ0v) is 20.8. The van der Waals surface area contributed by atoms with Crippen molar-refractivity contribution in [3.63, 3.8) is 0 Å². The number of nitrogens with zero attached hydrogens (tertiary/aromatic N) is 4. The Hall–Kier alpha value is -4.27. The minimum absolute atomic E-state index is 0.109. The maximum Gasteiger partial charge on any atom is 0.331 e. The topological polar surface area (TPSA) is 88.1 Å². The zero-order chi connectivity index (χ0) is 26.3. The maximum absolute atomic E-state index is 13.7. The molecule has 0 saturated heterocycles. The molecule has 1 unspecified atom stereocenters. The van der Waals surface area contributed by atoms with E-state index in [1.165, 1.54) is 42.1 Å². The lowest BCUT2D eigenvalue weighted by Gasteiger charge is -2.18. The standard InChI is InChI=1S/C28H27FN4O4/c1-17-13-32(16-30-17)24-11-8-21(12-25(24)37-3)26(34)23-15-31(14-19-4-5-19)28(36)33(27(23)35)18(2)20-6-9-22(29)10-7-20/h6-13,15-16,18-19H,4-5,14H2,1-3H3. The van der Waals surface area contributed by atoms with Crippen LogP contribution in [0.1, 0.15) is 53.0 Å². The van der Waals surface area contributed by atoms with Gasteiger partial charge in [-0.05, 0) is 68.5 Å². The predicted octanol–water partition coefficient (Wildman–Crippen LogP) is 3.90. The van der Waals surface area contributed by atoms with Crippen LogP contribution in [0.2, 0.25) is 0 Å². The lowest BCUT2D eigenvalue weighted by molar-refractivity contribution is 0.103. The Balaban J connectivity index is 1.60. The van der Waals surface area contributed by atoms with E-state index < -0.39 is 28.9 Å². The van der Waals surface area contributed by atoms with Crippen LogP contribution >= 0.6 is 0 Å². The molecule has 4 aromatic rings. The molecule has 1 aliphatic carbocycles. The van der Waals surface area contributed by atoms with Crippen molar-refractivity contribution in [1.82, 2.24) is 18.7 Å². The number of benzene rings is 2. The molecule has 2 aromatic carbocycles. The Morgan fingerprint density at radius 3 is 2.49 bits per heavy atom. The van der Waals surface area contributed by atoms with Crippen LogP contribution in [0.25, 0.3) is 5.69 Å². The molecule has 0 spiro atoms. The fourth-order valence-electron chi connectivity index (χ4n) is 4.46. The second kappa shape index (κ2) is 9.65. The molecule has 0 amide bonds. The van der Waals surface area contributed by atoms with E-state index in [-0.39, 0.29) is 11.1 Å². The highest BCUT2D eigenvalue weighted by atomic mass is 19.1. The van der Waals surface area contributed by atoms with Gasteiger partial charge < -0.3 is 9.30 Å². The minimum Gasteiger partial charge on any atom is -0.495 e. The molecule has 8 nitrogen and oxygen atoms in total. The van der Waals surface area contributed by atoms with Gasteiger partial charge in [0.25, 0.3) is 5.56 Å². The van der Waals surface area contributed by atoms with Crippen LogP contribution in [0.5, 0.6) is 5.75 Å². The quantitative estimate of drug-likeness (QED) is 0.341. The number of methoxy groups -OCH3 is 1. The molecule has 0 radical (unpaired) electrons. The van der Waals surface area contributed by atoms with Gasteiger partial charge in [-0.1, -0.05) is 12.1 Å². The van der Waals surface area contributed by atoms with E-state index in [4.69, 9.17) is 4.74 Å².